The summed E-state index contributed by atoms with van der Waals surface area (Å²) in [7, 11) is 0. The molecular weight excluding hydrogens is 193 g/mol. The van der Waals surface area contributed by atoms with Crippen LogP contribution in [-0.4, -0.2) is 4.98 Å². The van der Waals surface area contributed by atoms with Gasteiger partial charge in [-0.3, -0.25) is 0 Å². The van der Waals surface area contributed by atoms with E-state index in [2.05, 4.69) is 4.98 Å². The minimum absolute atomic E-state index is 0.416. The van der Waals surface area contributed by atoms with Crippen molar-refractivity contribution in [2.24, 2.45) is 0 Å². The number of rotatable bonds is 1. The standard InChI is InChI=1S/C6H4ClF3N2/c7-5-4(11)2(8)1-3(12-5)6(9)10/h1,6H,11H2. The van der Waals surface area contributed by atoms with E-state index >= 15 is 0 Å². The lowest BCUT2D eigenvalue weighted by molar-refractivity contribution is 0.145. The summed E-state index contributed by atoms with van der Waals surface area (Å²) >= 11 is 5.25. The Hall–Kier alpha value is -0.970. The van der Waals surface area contributed by atoms with Gasteiger partial charge in [-0.1, -0.05) is 11.6 Å². The molecule has 1 aromatic heterocycles. The number of anilines is 1. The second-order valence-corrected chi connectivity index (χ2v) is 2.39. The molecule has 0 saturated heterocycles. The Morgan fingerprint density at radius 1 is 1.50 bits per heavy atom. The van der Waals surface area contributed by atoms with Crippen molar-refractivity contribution in [3.63, 3.8) is 0 Å². The third-order valence-corrected chi connectivity index (χ3v) is 1.49. The molecule has 0 fully saturated rings. The molecule has 0 radical (unpaired) electrons. The highest BCUT2D eigenvalue weighted by molar-refractivity contribution is 6.31. The lowest BCUT2D eigenvalue weighted by Crippen LogP contribution is -1.98. The van der Waals surface area contributed by atoms with Gasteiger partial charge in [-0.15, -0.1) is 0 Å². The van der Waals surface area contributed by atoms with E-state index in [0.29, 0.717) is 6.07 Å². The monoisotopic (exact) mass is 196 g/mol. The number of nitrogens with two attached hydrogens (primary N) is 1. The molecule has 1 aromatic rings. The molecule has 6 heteroatoms. The number of halogens is 4. The minimum Gasteiger partial charge on any atom is -0.394 e. The number of aromatic nitrogens is 1. The molecule has 0 saturated carbocycles. The fraction of sp³-hybridized carbons (Fsp3) is 0.167. The van der Waals surface area contributed by atoms with Gasteiger partial charge in [0.25, 0.3) is 6.43 Å². The lowest BCUT2D eigenvalue weighted by atomic mass is 10.3. The molecule has 0 spiro atoms. The molecule has 0 aromatic carbocycles. The molecule has 2 nitrogen and oxygen atoms in total. The summed E-state index contributed by atoms with van der Waals surface area (Å²) in [6.07, 6.45) is -2.85. The zero-order valence-corrected chi connectivity index (χ0v) is 6.45. The van der Waals surface area contributed by atoms with Gasteiger partial charge in [0, 0.05) is 6.07 Å². The van der Waals surface area contributed by atoms with Crippen molar-refractivity contribution in [3.8, 4) is 0 Å². The molecule has 12 heavy (non-hydrogen) atoms. The molecule has 2 N–H and O–H groups in total. The van der Waals surface area contributed by atoms with Crippen molar-refractivity contribution >= 4 is 17.3 Å². The van der Waals surface area contributed by atoms with Crippen molar-refractivity contribution in [3.05, 3.63) is 22.7 Å². The van der Waals surface area contributed by atoms with Crippen LogP contribution in [0.2, 0.25) is 5.15 Å². The number of alkyl halides is 2. The van der Waals surface area contributed by atoms with Gasteiger partial charge < -0.3 is 5.73 Å². The first-order valence-corrected chi connectivity index (χ1v) is 3.29. The van der Waals surface area contributed by atoms with Gasteiger partial charge in [-0.05, 0) is 0 Å². The van der Waals surface area contributed by atoms with Crippen LogP contribution >= 0.6 is 11.6 Å². The zero-order chi connectivity index (χ0) is 9.30. The highest BCUT2D eigenvalue weighted by Gasteiger charge is 2.14. The molecular formula is C6H4ClF3N2. The molecule has 1 heterocycles. The molecule has 0 unspecified atom stereocenters. The maximum Gasteiger partial charge on any atom is 0.280 e. The molecule has 0 aliphatic rings. The van der Waals surface area contributed by atoms with Crippen LogP contribution in [0.5, 0.6) is 0 Å². The van der Waals surface area contributed by atoms with Crippen molar-refractivity contribution in [1.29, 1.82) is 0 Å². The van der Waals surface area contributed by atoms with Gasteiger partial charge in [0.15, 0.2) is 11.0 Å². The zero-order valence-electron chi connectivity index (χ0n) is 5.69. The number of hydrogen-bond donors (Lipinski definition) is 1. The molecule has 0 amide bonds. The van der Waals surface area contributed by atoms with E-state index in [4.69, 9.17) is 17.3 Å². The van der Waals surface area contributed by atoms with E-state index in [1.54, 1.807) is 0 Å². The van der Waals surface area contributed by atoms with E-state index in [1.165, 1.54) is 0 Å². The fourth-order valence-corrected chi connectivity index (χ4v) is 0.812. The van der Waals surface area contributed by atoms with Crippen LogP contribution in [0, 0.1) is 5.82 Å². The van der Waals surface area contributed by atoms with E-state index in [9.17, 15) is 13.2 Å². The Morgan fingerprint density at radius 3 is 2.50 bits per heavy atom. The fourth-order valence-electron chi connectivity index (χ4n) is 0.624. The average Bonchev–Trinajstić information content (AvgIpc) is 1.99. The van der Waals surface area contributed by atoms with Gasteiger partial charge >= 0.3 is 0 Å². The highest BCUT2D eigenvalue weighted by atomic mass is 35.5. The van der Waals surface area contributed by atoms with Crippen LogP contribution in [0.25, 0.3) is 0 Å². The highest BCUT2D eigenvalue weighted by Crippen LogP contribution is 2.25. The van der Waals surface area contributed by atoms with E-state index < -0.39 is 28.8 Å². The summed E-state index contributed by atoms with van der Waals surface area (Å²) in [5.74, 6) is -0.981. The number of nitrogens with zero attached hydrogens (tertiary/aromatic N) is 1. The van der Waals surface area contributed by atoms with Crippen LogP contribution < -0.4 is 5.73 Å². The lowest BCUT2D eigenvalue weighted by Gasteiger charge is -2.02. The van der Waals surface area contributed by atoms with E-state index in [1.807, 2.05) is 0 Å². The largest absolute Gasteiger partial charge is 0.394 e. The first kappa shape index (κ1) is 9.12. The first-order valence-electron chi connectivity index (χ1n) is 2.92. The number of hydrogen-bond acceptors (Lipinski definition) is 2. The average molecular weight is 197 g/mol. The summed E-state index contributed by atoms with van der Waals surface area (Å²) in [5, 5.41) is -0.440. The molecule has 0 bridgehead atoms. The van der Waals surface area contributed by atoms with Gasteiger partial charge in [-0.2, -0.15) is 0 Å². The topological polar surface area (TPSA) is 38.9 Å². The van der Waals surface area contributed by atoms with Gasteiger partial charge in [0.2, 0.25) is 0 Å². The first-order chi connectivity index (χ1) is 5.52. The summed E-state index contributed by atoms with van der Waals surface area (Å²) in [6, 6.07) is 0.561. The SMILES string of the molecule is Nc1c(F)cc(C(F)F)nc1Cl. The van der Waals surface area contributed by atoms with E-state index in [0.717, 1.165) is 0 Å². The van der Waals surface area contributed by atoms with Crippen molar-refractivity contribution in [2.45, 2.75) is 6.43 Å². The molecule has 0 atom stereocenters. The third-order valence-electron chi connectivity index (χ3n) is 1.20. The van der Waals surface area contributed by atoms with Crippen LogP contribution in [0.3, 0.4) is 0 Å². The Labute approximate surface area is 71.2 Å². The Morgan fingerprint density at radius 2 is 2.08 bits per heavy atom. The van der Waals surface area contributed by atoms with Gasteiger partial charge in [0.1, 0.15) is 11.4 Å². The van der Waals surface area contributed by atoms with Crippen LogP contribution in [0.4, 0.5) is 18.9 Å². The second-order valence-electron chi connectivity index (χ2n) is 2.03. The summed E-state index contributed by atoms with van der Waals surface area (Å²) in [6.45, 7) is 0. The number of nitrogen functional groups attached to an aromatic ring is 1. The van der Waals surface area contributed by atoms with Crippen molar-refractivity contribution in [2.75, 3.05) is 5.73 Å². The molecule has 0 aliphatic carbocycles. The third kappa shape index (κ3) is 1.61. The van der Waals surface area contributed by atoms with Crippen LogP contribution in [0.1, 0.15) is 12.1 Å². The van der Waals surface area contributed by atoms with E-state index in [-0.39, 0.29) is 0 Å². The summed E-state index contributed by atoms with van der Waals surface area (Å²) in [4.78, 5) is 3.18. The normalized spacial score (nSPS) is 10.8. The Kier molecular flexibility index (Phi) is 2.42. The van der Waals surface area contributed by atoms with Crippen LogP contribution in [0.15, 0.2) is 6.07 Å². The quantitative estimate of drug-likeness (QED) is 0.701. The Balaban J connectivity index is 3.21. The predicted molar refractivity (Wildman–Crippen MR) is 38.6 cm³/mol. The molecule has 66 valence electrons. The second kappa shape index (κ2) is 3.18. The maximum atomic E-state index is 12.6. The summed E-state index contributed by atoms with van der Waals surface area (Å²) in [5.41, 5.74) is 3.90. The predicted octanol–water partition coefficient (Wildman–Crippen LogP) is 2.39. The van der Waals surface area contributed by atoms with Gasteiger partial charge in [-0.25, -0.2) is 18.2 Å². The molecule has 1 rings (SSSR count). The van der Waals surface area contributed by atoms with Crippen molar-refractivity contribution < 1.29 is 13.2 Å². The smallest absolute Gasteiger partial charge is 0.280 e. The van der Waals surface area contributed by atoms with Crippen molar-refractivity contribution in [1.82, 2.24) is 4.98 Å². The van der Waals surface area contributed by atoms with Gasteiger partial charge in [0.05, 0.1) is 0 Å². The Bertz CT molecular complexity index is 280. The summed E-state index contributed by atoms with van der Waals surface area (Å²) < 4.78 is 36.5. The van der Waals surface area contributed by atoms with Crippen LogP contribution in [-0.2, 0) is 0 Å². The molecule has 0 aliphatic heterocycles. The number of pyridine rings is 1. The minimum atomic E-state index is -2.85. The maximum absolute atomic E-state index is 12.6.